The van der Waals surface area contributed by atoms with Crippen LogP contribution < -0.4 is 0 Å². The topological polar surface area (TPSA) is 270 Å². The van der Waals surface area contributed by atoms with Gasteiger partial charge in [0.05, 0.1) is 85.1 Å². The minimum absolute atomic E-state index is 0.0788. The number of ketones is 1. The number of piperazine rings is 1. The summed E-state index contributed by atoms with van der Waals surface area (Å²) in [5.74, 6) is 0.200. The Bertz CT molecular complexity index is 2370. The molecule has 5 atom stereocenters. The van der Waals surface area contributed by atoms with Crippen LogP contribution in [0.4, 0.5) is 0 Å². The van der Waals surface area contributed by atoms with Gasteiger partial charge in [-0.05, 0) is 132 Å². The summed E-state index contributed by atoms with van der Waals surface area (Å²) in [6.45, 7) is 32.9. The molecular formula is C91H167N5O19. The molecule has 1 aliphatic heterocycles. The third kappa shape index (κ3) is 68.2. The fraction of sp³-hybridized carbons (Fsp3) is 0.890. The van der Waals surface area contributed by atoms with Crippen LogP contribution in [0.3, 0.4) is 0 Å². The molecule has 0 spiro atoms. The third-order valence-electron chi connectivity index (χ3n) is 22.0. The number of ether oxygens (including phenoxy) is 9. The molecule has 0 aromatic heterocycles. The van der Waals surface area contributed by atoms with Crippen LogP contribution in [0.5, 0.6) is 0 Å². The van der Waals surface area contributed by atoms with Crippen LogP contribution in [0.15, 0.2) is 0 Å². The van der Waals surface area contributed by atoms with Crippen molar-refractivity contribution >= 4 is 59.5 Å². The Morgan fingerprint density at radius 2 is 0.426 bits per heavy atom. The van der Waals surface area contributed by atoms with Crippen LogP contribution in [0.1, 0.15) is 339 Å². The highest BCUT2D eigenvalue weighted by Gasteiger charge is 2.23. The van der Waals surface area contributed by atoms with E-state index in [1.165, 1.54) is 6.42 Å². The summed E-state index contributed by atoms with van der Waals surface area (Å²) < 4.78 is 50.0. The molecule has 0 aromatic rings. The zero-order valence-electron chi connectivity index (χ0n) is 74.5. The Hall–Kier alpha value is -5.30. The van der Waals surface area contributed by atoms with Gasteiger partial charge in [-0.2, -0.15) is 0 Å². The molecule has 1 fully saturated rings. The average Bonchev–Trinajstić information content (AvgIpc) is 0.894. The van der Waals surface area contributed by atoms with Crippen molar-refractivity contribution in [1.82, 2.24) is 24.5 Å². The van der Waals surface area contributed by atoms with Crippen molar-refractivity contribution < 1.29 is 90.6 Å². The van der Waals surface area contributed by atoms with E-state index in [0.717, 1.165) is 168 Å². The van der Waals surface area contributed by atoms with Gasteiger partial charge in [0.2, 0.25) is 0 Å². The van der Waals surface area contributed by atoms with Gasteiger partial charge < -0.3 is 57.3 Å². The van der Waals surface area contributed by atoms with Crippen molar-refractivity contribution in [3.05, 3.63) is 0 Å². The molecule has 5 unspecified atom stereocenters. The molecule has 0 aromatic carbocycles. The lowest BCUT2D eigenvalue weighted by Gasteiger charge is -2.37. The molecule has 0 N–H and O–H groups in total. The highest BCUT2D eigenvalue weighted by Crippen LogP contribution is 2.20. The molecule has 1 saturated heterocycles. The normalized spacial score (nSPS) is 13.9. The summed E-state index contributed by atoms with van der Waals surface area (Å²) in [5, 5.41) is 0. The van der Waals surface area contributed by atoms with Crippen LogP contribution in [-0.2, 0) is 90.6 Å². The first-order valence-electron chi connectivity index (χ1n) is 46.1. The molecule has 0 saturated carbocycles. The van der Waals surface area contributed by atoms with Crippen molar-refractivity contribution in [3.63, 3.8) is 0 Å². The number of esters is 9. The predicted molar refractivity (Wildman–Crippen MR) is 454 cm³/mol. The van der Waals surface area contributed by atoms with Crippen molar-refractivity contribution in [1.29, 1.82) is 0 Å². The first-order chi connectivity index (χ1) is 55.6. The number of Topliss-reactive ketones (excluding diaryl/α,β-unsaturated/α-hetero) is 1. The summed E-state index contributed by atoms with van der Waals surface area (Å²) in [6.07, 6.45) is 31.1. The number of carbonyl (C=O) groups is 10. The molecule has 115 heavy (non-hydrogen) atoms. The number of rotatable bonds is 80. The van der Waals surface area contributed by atoms with E-state index in [0.29, 0.717) is 211 Å². The minimum atomic E-state index is -0.379. The van der Waals surface area contributed by atoms with Gasteiger partial charge in [0, 0.05) is 143 Å². The summed E-state index contributed by atoms with van der Waals surface area (Å²) in [4.78, 5) is 140. The number of nitrogens with zero attached hydrogens (tertiary/aromatic N) is 5. The quantitative estimate of drug-likeness (QED) is 0.0311. The number of hydrogen-bond donors (Lipinski definition) is 0. The fourth-order valence-corrected chi connectivity index (χ4v) is 13.5. The van der Waals surface area contributed by atoms with Crippen molar-refractivity contribution in [2.45, 2.75) is 339 Å². The molecule has 1 heterocycles. The maximum absolute atomic E-state index is 13.4. The summed E-state index contributed by atoms with van der Waals surface area (Å²) >= 11 is 0. The van der Waals surface area contributed by atoms with Gasteiger partial charge in [-0.25, -0.2) is 0 Å². The second-order valence-corrected chi connectivity index (χ2v) is 33.1. The van der Waals surface area contributed by atoms with E-state index in [-0.39, 0.29) is 131 Å². The molecule has 670 valence electrons. The molecule has 0 aliphatic carbocycles. The van der Waals surface area contributed by atoms with Crippen LogP contribution in [0, 0.1) is 29.6 Å². The molecule has 0 bridgehead atoms. The van der Waals surface area contributed by atoms with E-state index in [4.69, 9.17) is 42.6 Å². The number of hydrogen-bond acceptors (Lipinski definition) is 24. The largest absolute Gasteiger partial charge is 0.466 e. The van der Waals surface area contributed by atoms with E-state index in [1.54, 1.807) is 0 Å². The second-order valence-electron chi connectivity index (χ2n) is 33.1. The van der Waals surface area contributed by atoms with Crippen LogP contribution in [0.2, 0.25) is 0 Å². The molecule has 1 rings (SSSR count). The fourth-order valence-electron chi connectivity index (χ4n) is 13.5. The summed E-state index contributed by atoms with van der Waals surface area (Å²) in [5.41, 5.74) is 0. The molecule has 24 heteroatoms. The van der Waals surface area contributed by atoms with E-state index in [2.05, 4.69) is 93.7 Å². The average molecular weight is 1640 g/mol. The monoisotopic (exact) mass is 1630 g/mol. The Morgan fingerprint density at radius 3 is 0.661 bits per heavy atom. The van der Waals surface area contributed by atoms with Gasteiger partial charge in [-0.15, -0.1) is 0 Å². The molecule has 0 amide bonds. The Labute approximate surface area is 697 Å². The maximum Gasteiger partial charge on any atom is 0.307 e. The van der Waals surface area contributed by atoms with Crippen LogP contribution in [0.25, 0.3) is 0 Å². The highest BCUT2D eigenvalue weighted by atomic mass is 16.6. The molecule has 24 nitrogen and oxygen atoms in total. The van der Waals surface area contributed by atoms with E-state index >= 15 is 0 Å². The minimum Gasteiger partial charge on any atom is -0.466 e. The number of carbonyl (C=O) groups excluding carboxylic acids is 10. The zero-order chi connectivity index (χ0) is 84.6. The number of unbranched alkanes of at least 4 members (excludes halogenated alkanes) is 11. The molecular weight excluding hydrogens is 1470 g/mol. The van der Waals surface area contributed by atoms with Crippen molar-refractivity contribution in [2.75, 3.05) is 158 Å². The van der Waals surface area contributed by atoms with Gasteiger partial charge in [0.25, 0.3) is 0 Å². The first-order valence-corrected chi connectivity index (χ1v) is 46.1. The predicted octanol–water partition coefficient (Wildman–Crippen LogP) is 16.6. The smallest absolute Gasteiger partial charge is 0.307 e. The van der Waals surface area contributed by atoms with Gasteiger partial charge in [-0.1, -0.05) is 166 Å². The van der Waals surface area contributed by atoms with Crippen molar-refractivity contribution in [3.8, 4) is 0 Å². The van der Waals surface area contributed by atoms with Crippen LogP contribution >= 0.6 is 0 Å². The van der Waals surface area contributed by atoms with Crippen LogP contribution in [-0.4, -0.2) is 242 Å². The first kappa shape index (κ1) is 108. The lowest BCUT2D eigenvalue weighted by atomic mass is 9.99. The Kier molecular flexibility index (Phi) is 70.2. The Balaban J connectivity index is 3.16. The standard InChI is InChI=1S/C91H167N5O19/c1-11-16-32-77(6)38-43-83(98)107-68-23-21-22-37-82(97)48-53-92(54-49-88(103)112-73-28-24-69-108-84(99)44-39-78(7)33-17-12-2)59-62-95-64-66-96(67-65-95)63-61-94(57-52-91(106)115-76-31-27-72-111-87(102)47-42-81(10)36-20-15-5)60-58-93(55-50-89(104)113-74-29-25-70-109-85(100)45-40-79(8)34-18-13-3)56-51-90(105)114-75-30-26-71-110-86(101)46-41-80(9)35-19-14-4/h77-81H,11-76H2,1-10H3. The van der Waals surface area contributed by atoms with E-state index in [1.807, 2.05) is 0 Å². The lowest BCUT2D eigenvalue weighted by Crippen LogP contribution is -2.50. The molecule has 1 aliphatic rings. The van der Waals surface area contributed by atoms with E-state index in [9.17, 15) is 47.9 Å². The van der Waals surface area contributed by atoms with Gasteiger partial charge in [0.1, 0.15) is 5.78 Å². The highest BCUT2D eigenvalue weighted by molar-refractivity contribution is 5.78. The zero-order valence-corrected chi connectivity index (χ0v) is 74.5. The summed E-state index contributed by atoms with van der Waals surface area (Å²) in [6, 6.07) is 0. The Morgan fingerprint density at radius 1 is 0.226 bits per heavy atom. The maximum atomic E-state index is 13.4. The van der Waals surface area contributed by atoms with Crippen molar-refractivity contribution in [2.24, 2.45) is 29.6 Å². The summed E-state index contributed by atoms with van der Waals surface area (Å²) in [7, 11) is 0. The lowest BCUT2D eigenvalue weighted by molar-refractivity contribution is -0.147. The second kappa shape index (κ2) is 75.0. The SMILES string of the molecule is CCCCC(C)CCC(=O)OCCCCCC(=O)CCN(CCC(=O)OCCCCOC(=O)CCC(C)CCCC)CCN1CCN(CCN(CCC(=O)OCCCCOC(=O)CCC(C)CCCC)CCN(CCC(=O)OCCCCOC(=O)CCC(C)CCCC)CCC(=O)OCCCCOC(=O)CCC(C)CCCC)CC1. The molecule has 0 radical (unpaired) electrons. The van der Waals surface area contributed by atoms with Gasteiger partial charge in [0.15, 0.2) is 0 Å². The van der Waals surface area contributed by atoms with Gasteiger partial charge in [-0.3, -0.25) is 57.7 Å². The van der Waals surface area contributed by atoms with E-state index < -0.39 is 0 Å². The van der Waals surface area contributed by atoms with Gasteiger partial charge >= 0.3 is 53.7 Å². The third-order valence-corrected chi connectivity index (χ3v) is 22.0.